The summed E-state index contributed by atoms with van der Waals surface area (Å²) >= 11 is 11.6. The number of carbonyl (C=O) groups excluding carboxylic acids is 1. The molecular weight excluding hydrogens is 227 g/mol. The molecule has 0 saturated carbocycles. The Hall–Kier alpha value is -0.770. The third-order valence-corrected chi connectivity index (χ3v) is 2.67. The van der Waals surface area contributed by atoms with E-state index in [9.17, 15) is 4.79 Å². The van der Waals surface area contributed by atoms with E-state index >= 15 is 0 Å². The zero-order chi connectivity index (χ0) is 10.7. The summed E-state index contributed by atoms with van der Waals surface area (Å²) < 4.78 is 4.38. The summed E-state index contributed by atoms with van der Waals surface area (Å²) in [5.41, 5.74) is 0.925. The van der Waals surface area contributed by atoms with E-state index in [1.54, 1.807) is 13.0 Å². The minimum Gasteiger partial charge on any atom is -0.435 e. The largest absolute Gasteiger partial charge is 0.435 e. The third kappa shape index (κ3) is 2.18. The van der Waals surface area contributed by atoms with Gasteiger partial charge in [0.1, 0.15) is 0 Å². The molecule has 3 nitrogen and oxygen atoms in total. The van der Waals surface area contributed by atoms with Crippen molar-refractivity contribution in [3.63, 3.8) is 0 Å². The number of ether oxygens (including phenoxy) is 1. The molecule has 1 aromatic carbocycles. The summed E-state index contributed by atoms with van der Waals surface area (Å²) in [6.07, 6.45) is 0. The van der Waals surface area contributed by atoms with Gasteiger partial charge in [-0.15, -0.1) is 0 Å². The maximum atomic E-state index is 11.2. The fourth-order valence-electron chi connectivity index (χ4n) is 0.940. The molecule has 76 valence electrons. The minimum atomic E-state index is -0.695. The molecule has 14 heavy (non-hydrogen) atoms. The van der Waals surface area contributed by atoms with Gasteiger partial charge in [-0.25, -0.2) is 4.79 Å². The SMILES string of the molecule is Cc1ccc(C(=O)OCO)c(Cl)c1Cl. The summed E-state index contributed by atoms with van der Waals surface area (Å²) in [4.78, 5) is 11.2. The molecule has 0 aliphatic rings. The second kappa shape index (κ2) is 4.64. The Morgan fingerprint density at radius 1 is 1.43 bits per heavy atom. The molecule has 0 saturated heterocycles. The molecule has 0 bridgehead atoms. The monoisotopic (exact) mass is 234 g/mol. The van der Waals surface area contributed by atoms with Crippen molar-refractivity contribution in [1.29, 1.82) is 0 Å². The van der Waals surface area contributed by atoms with Gasteiger partial charge in [0.25, 0.3) is 0 Å². The maximum Gasteiger partial charge on any atom is 0.341 e. The van der Waals surface area contributed by atoms with Crippen molar-refractivity contribution in [2.24, 2.45) is 0 Å². The fraction of sp³-hybridized carbons (Fsp3) is 0.222. The smallest absolute Gasteiger partial charge is 0.341 e. The van der Waals surface area contributed by atoms with Crippen LogP contribution in [0.4, 0.5) is 0 Å². The van der Waals surface area contributed by atoms with Gasteiger partial charge in [-0.3, -0.25) is 0 Å². The number of hydrogen-bond acceptors (Lipinski definition) is 3. The fourth-order valence-corrected chi connectivity index (χ4v) is 1.39. The van der Waals surface area contributed by atoms with Crippen molar-refractivity contribution >= 4 is 29.2 Å². The average molecular weight is 235 g/mol. The first-order valence-corrected chi connectivity index (χ1v) is 4.56. The summed E-state index contributed by atoms with van der Waals surface area (Å²) in [6.45, 7) is 1.09. The lowest BCUT2D eigenvalue weighted by atomic mass is 10.1. The molecular formula is C9H8Cl2O3. The van der Waals surface area contributed by atoms with Crippen molar-refractivity contribution in [2.45, 2.75) is 6.92 Å². The molecule has 1 rings (SSSR count). The number of carbonyl (C=O) groups is 1. The molecule has 0 aromatic heterocycles. The minimum absolute atomic E-state index is 0.144. The predicted molar refractivity (Wildman–Crippen MR) is 53.7 cm³/mol. The lowest BCUT2D eigenvalue weighted by molar-refractivity contribution is 0.00686. The van der Waals surface area contributed by atoms with E-state index in [0.29, 0.717) is 5.02 Å². The summed E-state index contributed by atoms with van der Waals surface area (Å²) in [5, 5.41) is 8.86. The first kappa shape index (κ1) is 11.3. The van der Waals surface area contributed by atoms with Crippen molar-refractivity contribution < 1.29 is 14.6 Å². The molecule has 0 heterocycles. The molecule has 0 fully saturated rings. The number of benzene rings is 1. The standard InChI is InChI=1S/C9H8Cl2O3/c1-5-2-3-6(8(11)7(5)10)9(13)14-4-12/h2-3,12H,4H2,1H3. The van der Waals surface area contributed by atoms with E-state index in [4.69, 9.17) is 28.3 Å². The first-order chi connectivity index (χ1) is 6.57. The molecule has 0 unspecified atom stereocenters. The predicted octanol–water partition coefficient (Wildman–Crippen LogP) is 2.41. The normalized spacial score (nSPS) is 10.0. The van der Waals surface area contributed by atoms with Crippen LogP contribution in [0.3, 0.4) is 0 Å². The van der Waals surface area contributed by atoms with Crippen LogP contribution < -0.4 is 0 Å². The van der Waals surface area contributed by atoms with E-state index in [-0.39, 0.29) is 10.6 Å². The zero-order valence-corrected chi connectivity index (χ0v) is 8.89. The van der Waals surface area contributed by atoms with Crippen LogP contribution in [0.5, 0.6) is 0 Å². The molecule has 1 N–H and O–H groups in total. The first-order valence-electron chi connectivity index (χ1n) is 3.80. The van der Waals surface area contributed by atoms with E-state index in [1.807, 2.05) is 0 Å². The Kier molecular flexibility index (Phi) is 3.75. The highest BCUT2D eigenvalue weighted by molar-refractivity contribution is 6.44. The zero-order valence-electron chi connectivity index (χ0n) is 7.38. The van der Waals surface area contributed by atoms with Gasteiger partial charge in [0, 0.05) is 0 Å². The van der Waals surface area contributed by atoms with Crippen molar-refractivity contribution in [2.75, 3.05) is 6.79 Å². The van der Waals surface area contributed by atoms with Crippen LogP contribution in [0.2, 0.25) is 10.0 Å². The average Bonchev–Trinajstić information content (AvgIpc) is 2.15. The van der Waals surface area contributed by atoms with Crippen molar-refractivity contribution in [3.8, 4) is 0 Å². The molecule has 0 aliphatic carbocycles. The van der Waals surface area contributed by atoms with Crippen LogP contribution in [0.15, 0.2) is 12.1 Å². The highest BCUT2D eigenvalue weighted by Crippen LogP contribution is 2.29. The number of hydrogen-bond donors (Lipinski definition) is 1. The second-order valence-electron chi connectivity index (χ2n) is 2.62. The van der Waals surface area contributed by atoms with E-state index < -0.39 is 12.8 Å². The molecule has 0 amide bonds. The van der Waals surface area contributed by atoms with Gasteiger partial charge >= 0.3 is 5.97 Å². The van der Waals surface area contributed by atoms with Crippen LogP contribution in [-0.4, -0.2) is 17.9 Å². The molecule has 0 spiro atoms. The van der Waals surface area contributed by atoms with Gasteiger partial charge in [-0.05, 0) is 18.6 Å². The number of esters is 1. The maximum absolute atomic E-state index is 11.2. The van der Waals surface area contributed by atoms with Crippen LogP contribution in [0.1, 0.15) is 15.9 Å². The highest BCUT2D eigenvalue weighted by Gasteiger charge is 2.14. The Bertz CT molecular complexity index is 363. The van der Waals surface area contributed by atoms with Gasteiger partial charge in [-0.2, -0.15) is 0 Å². The van der Waals surface area contributed by atoms with Crippen LogP contribution >= 0.6 is 23.2 Å². The number of rotatable bonds is 2. The lowest BCUT2D eigenvalue weighted by Crippen LogP contribution is -2.06. The van der Waals surface area contributed by atoms with Crippen LogP contribution in [0, 0.1) is 6.92 Å². The van der Waals surface area contributed by atoms with Gasteiger partial charge in [-0.1, -0.05) is 29.3 Å². The van der Waals surface area contributed by atoms with Gasteiger partial charge in [0.2, 0.25) is 0 Å². The molecule has 0 atom stereocenters. The Morgan fingerprint density at radius 2 is 2.07 bits per heavy atom. The van der Waals surface area contributed by atoms with Gasteiger partial charge in [0.15, 0.2) is 6.79 Å². The van der Waals surface area contributed by atoms with Crippen molar-refractivity contribution in [3.05, 3.63) is 33.3 Å². The molecule has 5 heteroatoms. The molecule has 0 radical (unpaired) electrons. The highest BCUT2D eigenvalue weighted by atomic mass is 35.5. The summed E-state index contributed by atoms with van der Waals surface area (Å²) in [6, 6.07) is 3.16. The van der Waals surface area contributed by atoms with E-state index in [2.05, 4.69) is 4.74 Å². The number of aryl methyl sites for hydroxylation is 1. The lowest BCUT2D eigenvalue weighted by Gasteiger charge is -2.06. The summed E-state index contributed by atoms with van der Waals surface area (Å²) in [5.74, 6) is -0.695. The number of aliphatic hydroxyl groups is 1. The molecule has 1 aromatic rings. The van der Waals surface area contributed by atoms with E-state index in [1.165, 1.54) is 6.07 Å². The summed E-state index contributed by atoms with van der Waals surface area (Å²) in [7, 11) is 0. The second-order valence-corrected chi connectivity index (χ2v) is 3.37. The quantitative estimate of drug-likeness (QED) is 0.632. The topological polar surface area (TPSA) is 46.5 Å². The Balaban J connectivity index is 3.11. The number of aliphatic hydroxyl groups excluding tert-OH is 1. The van der Waals surface area contributed by atoms with Crippen molar-refractivity contribution in [1.82, 2.24) is 0 Å². The number of halogens is 2. The van der Waals surface area contributed by atoms with Gasteiger partial charge < -0.3 is 9.84 Å². The third-order valence-electron chi connectivity index (χ3n) is 1.69. The Morgan fingerprint density at radius 3 is 2.64 bits per heavy atom. The Labute approximate surface area is 91.2 Å². The molecule has 0 aliphatic heterocycles. The van der Waals surface area contributed by atoms with E-state index in [0.717, 1.165) is 5.56 Å². The van der Waals surface area contributed by atoms with Gasteiger partial charge in [0.05, 0.1) is 15.6 Å². The van der Waals surface area contributed by atoms with Crippen LogP contribution in [0.25, 0.3) is 0 Å². The van der Waals surface area contributed by atoms with Crippen LogP contribution in [-0.2, 0) is 4.74 Å².